The van der Waals surface area contributed by atoms with Crippen LogP contribution >= 0.6 is 0 Å². The zero-order valence-corrected chi connectivity index (χ0v) is 14.8. The Balaban J connectivity index is 2.52. The summed E-state index contributed by atoms with van der Waals surface area (Å²) in [6, 6.07) is 0. The highest BCUT2D eigenvalue weighted by Crippen LogP contribution is 2.30. The molecule has 0 radical (unpaired) electrons. The van der Waals surface area contributed by atoms with Crippen LogP contribution in [0.4, 0.5) is 0 Å². The van der Waals surface area contributed by atoms with E-state index in [2.05, 4.69) is 20.4 Å². The van der Waals surface area contributed by atoms with Gasteiger partial charge in [-0.2, -0.15) is 0 Å². The summed E-state index contributed by atoms with van der Waals surface area (Å²) in [4.78, 5) is 11.4. The molecule has 0 bridgehead atoms. The molecule has 3 atom stereocenters. The molecule has 1 fully saturated rings. The second-order valence-electron chi connectivity index (χ2n) is 7.08. The van der Waals surface area contributed by atoms with Crippen LogP contribution in [0, 0.1) is 5.92 Å². The Morgan fingerprint density at radius 1 is 1.45 bits per heavy atom. The third-order valence-electron chi connectivity index (χ3n) is 4.83. The third kappa shape index (κ3) is 5.73. The topological polar surface area (TPSA) is 44.8 Å². The van der Waals surface area contributed by atoms with Crippen molar-refractivity contribution in [3.05, 3.63) is 12.7 Å². The zero-order valence-electron chi connectivity index (χ0n) is 14.8. The molecule has 128 valence electrons. The molecule has 4 heteroatoms. The highest BCUT2D eigenvalue weighted by molar-refractivity contribution is 5.81. The minimum absolute atomic E-state index is 0.0896. The molecule has 1 aliphatic heterocycles. The molecule has 4 nitrogen and oxygen atoms in total. The van der Waals surface area contributed by atoms with Crippen LogP contribution in [0.3, 0.4) is 0 Å². The van der Waals surface area contributed by atoms with Crippen LogP contribution < -0.4 is 0 Å². The normalized spacial score (nSPS) is 22.9. The number of carbonyl (C=O) groups is 1. The van der Waals surface area contributed by atoms with E-state index in [0.717, 1.165) is 32.3 Å². The van der Waals surface area contributed by atoms with Gasteiger partial charge in [-0.15, -0.1) is 0 Å². The van der Waals surface area contributed by atoms with Crippen LogP contribution in [0.1, 0.15) is 60.3 Å². The lowest BCUT2D eigenvalue weighted by molar-refractivity contribution is -0.161. The maximum absolute atomic E-state index is 11.4. The van der Waals surface area contributed by atoms with Crippen LogP contribution in [0.15, 0.2) is 12.7 Å². The predicted molar refractivity (Wildman–Crippen MR) is 87.8 cm³/mol. The minimum Gasteiger partial charge on any atom is -0.456 e. The maximum Gasteiger partial charge on any atom is 0.330 e. The van der Waals surface area contributed by atoms with Gasteiger partial charge in [-0.25, -0.2) is 4.79 Å². The van der Waals surface area contributed by atoms with Gasteiger partial charge in [-0.1, -0.05) is 20.4 Å². The standard InChI is InChI=1S/C18H32O4/c1-7-16(19)22-17(4,5)14(3)13-21-18(6,8-2)12-15-10-9-11-20-15/h7,14-15H,1,8-13H2,2-6H3. The van der Waals surface area contributed by atoms with Crippen molar-refractivity contribution in [2.45, 2.75) is 77.6 Å². The van der Waals surface area contributed by atoms with E-state index in [4.69, 9.17) is 14.2 Å². The van der Waals surface area contributed by atoms with Crippen molar-refractivity contribution < 1.29 is 19.0 Å². The number of hydrogen-bond donors (Lipinski definition) is 0. The predicted octanol–water partition coefficient (Wildman–Crippen LogP) is 3.88. The van der Waals surface area contributed by atoms with E-state index < -0.39 is 11.6 Å². The molecule has 0 saturated carbocycles. The van der Waals surface area contributed by atoms with Gasteiger partial charge in [0.2, 0.25) is 0 Å². The lowest BCUT2D eigenvalue weighted by Crippen LogP contribution is -2.41. The third-order valence-corrected chi connectivity index (χ3v) is 4.83. The second-order valence-corrected chi connectivity index (χ2v) is 7.08. The van der Waals surface area contributed by atoms with Crippen LogP contribution in [-0.4, -0.2) is 36.5 Å². The molecule has 0 aromatic rings. The van der Waals surface area contributed by atoms with Crippen LogP contribution in [-0.2, 0) is 19.0 Å². The Kier molecular flexibility index (Phi) is 7.07. The number of hydrogen-bond acceptors (Lipinski definition) is 4. The second kappa shape index (κ2) is 8.11. The van der Waals surface area contributed by atoms with Gasteiger partial charge in [0.15, 0.2) is 0 Å². The largest absolute Gasteiger partial charge is 0.456 e. The number of ether oxygens (including phenoxy) is 3. The van der Waals surface area contributed by atoms with E-state index in [-0.39, 0.29) is 11.5 Å². The molecule has 0 aromatic heterocycles. The van der Waals surface area contributed by atoms with E-state index in [1.165, 1.54) is 6.08 Å². The molecular formula is C18H32O4. The summed E-state index contributed by atoms with van der Waals surface area (Å²) < 4.78 is 17.4. The highest BCUT2D eigenvalue weighted by Gasteiger charge is 2.34. The van der Waals surface area contributed by atoms with Crippen molar-refractivity contribution in [3.63, 3.8) is 0 Å². The first-order chi connectivity index (χ1) is 10.2. The van der Waals surface area contributed by atoms with E-state index in [0.29, 0.717) is 12.7 Å². The average Bonchev–Trinajstić information content (AvgIpc) is 2.96. The lowest BCUT2D eigenvalue weighted by Gasteiger charge is -2.36. The van der Waals surface area contributed by atoms with Crippen LogP contribution in [0.5, 0.6) is 0 Å². The average molecular weight is 312 g/mol. The molecule has 1 aliphatic rings. The first-order valence-electron chi connectivity index (χ1n) is 8.33. The summed E-state index contributed by atoms with van der Waals surface area (Å²) in [6.07, 6.45) is 5.63. The molecule has 3 unspecified atom stereocenters. The number of esters is 1. The van der Waals surface area contributed by atoms with E-state index in [1.54, 1.807) is 0 Å². The Hall–Kier alpha value is -0.870. The minimum atomic E-state index is -0.580. The summed E-state index contributed by atoms with van der Waals surface area (Å²) in [7, 11) is 0. The van der Waals surface area contributed by atoms with Gasteiger partial charge >= 0.3 is 5.97 Å². The van der Waals surface area contributed by atoms with Gasteiger partial charge in [0.25, 0.3) is 0 Å². The SMILES string of the molecule is C=CC(=O)OC(C)(C)C(C)COC(C)(CC)CC1CCCO1. The highest BCUT2D eigenvalue weighted by atomic mass is 16.6. The van der Waals surface area contributed by atoms with Crippen molar-refractivity contribution in [1.82, 2.24) is 0 Å². The van der Waals surface area contributed by atoms with Crippen molar-refractivity contribution in [1.29, 1.82) is 0 Å². The molecule has 0 aliphatic carbocycles. The molecule has 22 heavy (non-hydrogen) atoms. The van der Waals surface area contributed by atoms with Gasteiger partial charge in [0.1, 0.15) is 5.60 Å². The fourth-order valence-corrected chi connectivity index (χ4v) is 2.52. The summed E-state index contributed by atoms with van der Waals surface area (Å²) in [6.45, 7) is 15.0. The Labute approximate surface area is 135 Å². The molecule has 0 N–H and O–H groups in total. The Morgan fingerprint density at radius 2 is 2.14 bits per heavy atom. The van der Waals surface area contributed by atoms with Crippen molar-refractivity contribution in [3.8, 4) is 0 Å². The fraction of sp³-hybridized carbons (Fsp3) is 0.833. The molecule has 0 aromatic carbocycles. The quantitative estimate of drug-likeness (QED) is 0.479. The summed E-state index contributed by atoms with van der Waals surface area (Å²) >= 11 is 0. The molecule has 0 spiro atoms. The maximum atomic E-state index is 11.4. The summed E-state index contributed by atoms with van der Waals surface area (Å²) in [5.74, 6) is -0.304. The summed E-state index contributed by atoms with van der Waals surface area (Å²) in [5, 5.41) is 0. The number of rotatable bonds is 9. The van der Waals surface area contributed by atoms with Crippen LogP contribution in [0.25, 0.3) is 0 Å². The molecule has 1 saturated heterocycles. The van der Waals surface area contributed by atoms with E-state index >= 15 is 0 Å². The lowest BCUT2D eigenvalue weighted by atomic mass is 9.91. The molecule has 1 rings (SSSR count). The summed E-state index contributed by atoms with van der Waals surface area (Å²) in [5.41, 5.74) is -0.772. The Bertz CT molecular complexity index is 371. The van der Waals surface area contributed by atoms with Gasteiger partial charge < -0.3 is 14.2 Å². The van der Waals surface area contributed by atoms with E-state index in [1.807, 2.05) is 20.8 Å². The first kappa shape index (κ1) is 19.2. The Morgan fingerprint density at radius 3 is 2.64 bits per heavy atom. The zero-order chi connectivity index (χ0) is 16.8. The molecule has 1 heterocycles. The number of carbonyl (C=O) groups excluding carboxylic acids is 1. The van der Waals surface area contributed by atoms with Gasteiger partial charge in [-0.3, -0.25) is 0 Å². The van der Waals surface area contributed by atoms with Gasteiger partial charge in [0.05, 0.1) is 18.3 Å². The van der Waals surface area contributed by atoms with Crippen LogP contribution in [0.2, 0.25) is 0 Å². The molecular weight excluding hydrogens is 280 g/mol. The van der Waals surface area contributed by atoms with Crippen molar-refractivity contribution in [2.24, 2.45) is 5.92 Å². The van der Waals surface area contributed by atoms with Gasteiger partial charge in [0, 0.05) is 25.0 Å². The van der Waals surface area contributed by atoms with Crippen molar-refractivity contribution in [2.75, 3.05) is 13.2 Å². The first-order valence-corrected chi connectivity index (χ1v) is 8.33. The van der Waals surface area contributed by atoms with E-state index in [9.17, 15) is 4.79 Å². The fourth-order valence-electron chi connectivity index (χ4n) is 2.52. The van der Waals surface area contributed by atoms with Gasteiger partial charge in [-0.05, 0) is 40.0 Å². The molecule has 0 amide bonds. The monoisotopic (exact) mass is 312 g/mol. The smallest absolute Gasteiger partial charge is 0.330 e. The van der Waals surface area contributed by atoms with Crippen molar-refractivity contribution >= 4 is 5.97 Å².